The van der Waals surface area contributed by atoms with Crippen LogP contribution >= 0.6 is 11.6 Å². The molecular weight excluding hydrogens is 329 g/mol. The van der Waals surface area contributed by atoms with E-state index in [4.69, 9.17) is 16.3 Å². The zero-order chi connectivity index (χ0) is 17.7. The average Bonchev–Trinajstić information content (AvgIpc) is 2.55. The van der Waals surface area contributed by atoms with Crippen LogP contribution in [0, 0.1) is 5.82 Å². The second kappa shape index (κ2) is 8.15. The molecule has 0 spiro atoms. The van der Waals surface area contributed by atoms with Gasteiger partial charge in [0.25, 0.3) is 0 Å². The molecule has 0 aliphatic rings. The van der Waals surface area contributed by atoms with E-state index in [2.05, 4.69) is 5.32 Å². The number of amides is 1. The second-order valence-electron chi connectivity index (χ2n) is 5.46. The second-order valence-corrected chi connectivity index (χ2v) is 5.87. The first-order valence-corrected chi connectivity index (χ1v) is 8.30. The van der Waals surface area contributed by atoms with Gasteiger partial charge in [0.05, 0.1) is 13.5 Å². The van der Waals surface area contributed by atoms with Crippen molar-refractivity contribution >= 4 is 23.2 Å². The Morgan fingerprint density at radius 1 is 1.21 bits per heavy atom. The maximum atomic E-state index is 13.7. The predicted molar refractivity (Wildman–Crippen MR) is 95.5 cm³/mol. The smallest absolute Gasteiger partial charge is 0.228 e. The minimum absolute atomic E-state index is 0.0831. The molecule has 0 heterocycles. The highest BCUT2D eigenvalue weighted by atomic mass is 35.5. The molecule has 3 nitrogen and oxygen atoms in total. The monoisotopic (exact) mass is 349 g/mol. The molecule has 2 aromatic carbocycles. The number of hydrogen-bond acceptors (Lipinski definition) is 2. The van der Waals surface area contributed by atoms with Crippen molar-refractivity contribution in [2.75, 3.05) is 12.4 Å². The molecule has 1 N–H and O–H groups in total. The summed E-state index contributed by atoms with van der Waals surface area (Å²) >= 11 is 6.24. The summed E-state index contributed by atoms with van der Waals surface area (Å²) in [6.45, 7) is 4.02. The lowest BCUT2D eigenvalue weighted by Crippen LogP contribution is -2.17. The number of nitrogens with one attached hydrogen (secondary N) is 1. The lowest BCUT2D eigenvalue weighted by atomic mass is 10.0. The van der Waals surface area contributed by atoms with E-state index in [-0.39, 0.29) is 18.1 Å². The third kappa shape index (κ3) is 4.06. The lowest BCUT2D eigenvalue weighted by Gasteiger charge is -2.16. The van der Waals surface area contributed by atoms with Crippen molar-refractivity contribution in [1.82, 2.24) is 0 Å². The Kier molecular flexibility index (Phi) is 6.21. The highest BCUT2D eigenvalue weighted by Gasteiger charge is 2.14. The van der Waals surface area contributed by atoms with E-state index in [1.54, 1.807) is 6.07 Å². The number of rotatable bonds is 6. The first-order valence-electron chi connectivity index (χ1n) is 7.92. The van der Waals surface area contributed by atoms with Gasteiger partial charge in [0.2, 0.25) is 5.91 Å². The van der Waals surface area contributed by atoms with Crippen molar-refractivity contribution in [2.45, 2.75) is 33.1 Å². The number of halogens is 2. The van der Waals surface area contributed by atoms with E-state index < -0.39 is 5.82 Å². The van der Waals surface area contributed by atoms with Crippen LogP contribution in [0.25, 0.3) is 0 Å². The van der Waals surface area contributed by atoms with E-state index >= 15 is 0 Å². The fraction of sp³-hybridized carbons (Fsp3) is 0.316. The van der Waals surface area contributed by atoms with Gasteiger partial charge in [0, 0.05) is 10.7 Å². The highest BCUT2D eigenvalue weighted by Crippen LogP contribution is 2.29. The first-order chi connectivity index (χ1) is 11.5. The van der Waals surface area contributed by atoms with Crippen molar-refractivity contribution in [3.05, 3.63) is 57.9 Å². The van der Waals surface area contributed by atoms with Crippen LogP contribution in [0.3, 0.4) is 0 Å². The van der Waals surface area contributed by atoms with E-state index in [0.29, 0.717) is 10.6 Å². The van der Waals surface area contributed by atoms with Crippen LogP contribution in [0.1, 0.15) is 30.5 Å². The van der Waals surface area contributed by atoms with E-state index in [1.807, 2.05) is 26.0 Å². The summed E-state index contributed by atoms with van der Waals surface area (Å²) in [6.07, 6.45) is 1.59. The third-order valence-corrected chi connectivity index (χ3v) is 4.28. The van der Waals surface area contributed by atoms with Gasteiger partial charge in [0.15, 0.2) is 11.6 Å². The molecule has 0 fully saturated rings. The van der Waals surface area contributed by atoms with Crippen molar-refractivity contribution < 1.29 is 13.9 Å². The normalized spacial score (nSPS) is 10.5. The van der Waals surface area contributed by atoms with Gasteiger partial charge in [0.1, 0.15) is 0 Å². The molecule has 2 rings (SSSR count). The SMILES string of the molecule is CCc1ccc(Cl)c(CC)c1NC(=O)Cc1ccc(OC)c(F)c1. The first kappa shape index (κ1) is 18.3. The van der Waals surface area contributed by atoms with Crippen molar-refractivity contribution in [2.24, 2.45) is 0 Å². The summed E-state index contributed by atoms with van der Waals surface area (Å²) in [5, 5.41) is 3.58. The Hall–Kier alpha value is -2.07. The highest BCUT2D eigenvalue weighted by molar-refractivity contribution is 6.32. The molecule has 0 aromatic heterocycles. The van der Waals surface area contributed by atoms with Gasteiger partial charge >= 0.3 is 0 Å². The summed E-state index contributed by atoms with van der Waals surface area (Å²) in [6, 6.07) is 8.29. The van der Waals surface area contributed by atoms with Crippen molar-refractivity contribution in [3.63, 3.8) is 0 Å². The third-order valence-electron chi connectivity index (χ3n) is 3.92. The molecule has 0 unspecified atom stereocenters. The summed E-state index contributed by atoms with van der Waals surface area (Å²) in [7, 11) is 1.41. The standard InChI is InChI=1S/C19H21ClFNO2/c1-4-13-7-8-15(20)14(5-2)19(13)22-18(23)11-12-6-9-17(24-3)16(21)10-12/h6-10H,4-5,11H2,1-3H3,(H,22,23). The van der Waals surface area contributed by atoms with Gasteiger partial charge in [-0.2, -0.15) is 0 Å². The quantitative estimate of drug-likeness (QED) is 0.814. The molecule has 0 bridgehead atoms. The molecule has 0 saturated heterocycles. The molecule has 1 amide bonds. The molecule has 0 aliphatic carbocycles. The van der Waals surface area contributed by atoms with Gasteiger partial charge in [-0.1, -0.05) is 37.6 Å². The Labute approximate surface area is 146 Å². The maximum absolute atomic E-state index is 13.7. The fourth-order valence-corrected chi connectivity index (χ4v) is 2.95. The Balaban J connectivity index is 2.21. The van der Waals surface area contributed by atoms with E-state index in [0.717, 1.165) is 29.7 Å². The zero-order valence-electron chi connectivity index (χ0n) is 14.1. The van der Waals surface area contributed by atoms with Gasteiger partial charge < -0.3 is 10.1 Å². The van der Waals surface area contributed by atoms with Crippen LogP contribution in [0.2, 0.25) is 5.02 Å². The van der Waals surface area contributed by atoms with Crippen LogP contribution < -0.4 is 10.1 Å². The number of methoxy groups -OCH3 is 1. The number of benzene rings is 2. The van der Waals surface area contributed by atoms with E-state index in [1.165, 1.54) is 19.2 Å². The maximum Gasteiger partial charge on any atom is 0.228 e. The van der Waals surface area contributed by atoms with Crippen LogP contribution in [0.15, 0.2) is 30.3 Å². The predicted octanol–water partition coefficient (Wildman–Crippen LogP) is 4.79. The van der Waals surface area contributed by atoms with Gasteiger partial charge in [-0.05, 0) is 47.7 Å². The molecule has 2 aromatic rings. The topological polar surface area (TPSA) is 38.3 Å². The average molecular weight is 350 g/mol. The summed E-state index contributed by atoms with van der Waals surface area (Å²) in [5.41, 5.74) is 3.31. The molecule has 128 valence electrons. The largest absolute Gasteiger partial charge is 0.494 e. The Morgan fingerprint density at radius 2 is 1.96 bits per heavy atom. The summed E-state index contributed by atoms with van der Waals surface area (Å²) < 4.78 is 18.6. The fourth-order valence-electron chi connectivity index (χ4n) is 2.66. The van der Waals surface area contributed by atoms with Gasteiger partial charge in [-0.3, -0.25) is 4.79 Å². The minimum atomic E-state index is -0.478. The van der Waals surface area contributed by atoms with E-state index in [9.17, 15) is 9.18 Å². The number of carbonyl (C=O) groups is 1. The van der Waals surface area contributed by atoms with Gasteiger partial charge in [-0.15, -0.1) is 0 Å². The lowest BCUT2D eigenvalue weighted by molar-refractivity contribution is -0.115. The molecule has 24 heavy (non-hydrogen) atoms. The molecule has 5 heteroatoms. The molecule has 0 saturated carbocycles. The summed E-state index contributed by atoms with van der Waals surface area (Å²) in [5.74, 6) is -0.518. The van der Waals surface area contributed by atoms with Crippen LogP contribution in [-0.4, -0.2) is 13.0 Å². The Morgan fingerprint density at radius 3 is 2.54 bits per heavy atom. The Bertz CT molecular complexity index is 746. The molecule has 0 atom stereocenters. The molecular formula is C19H21ClFNO2. The van der Waals surface area contributed by atoms with Crippen LogP contribution in [0.5, 0.6) is 5.75 Å². The van der Waals surface area contributed by atoms with Crippen molar-refractivity contribution in [1.29, 1.82) is 0 Å². The minimum Gasteiger partial charge on any atom is -0.494 e. The molecule has 0 aliphatic heterocycles. The number of ether oxygens (including phenoxy) is 1. The van der Waals surface area contributed by atoms with Crippen LogP contribution in [0.4, 0.5) is 10.1 Å². The number of carbonyl (C=O) groups excluding carboxylic acids is 1. The number of aryl methyl sites for hydroxylation is 1. The number of anilines is 1. The van der Waals surface area contributed by atoms with Crippen LogP contribution in [-0.2, 0) is 24.1 Å². The molecule has 0 radical (unpaired) electrons. The number of hydrogen-bond donors (Lipinski definition) is 1. The zero-order valence-corrected chi connectivity index (χ0v) is 14.8. The summed E-state index contributed by atoms with van der Waals surface area (Å²) in [4.78, 5) is 12.4. The van der Waals surface area contributed by atoms with Crippen molar-refractivity contribution in [3.8, 4) is 5.75 Å². The van der Waals surface area contributed by atoms with Gasteiger partial charge in [-0.25, -0.2) is 4.39 Å².